The van der Waals surface area contributed by atoms with Crippen LogP contribution in [0.4, 0.5) is 0 Å². The maximum Gasteiger partial charge on any atom is 0.261 e. The van der Waals surface area contributed by atoms with Crippen LogP contribution in [0.2, 0.25) is 0 Å². The van der Waals surface area contributed by atoms with E-state index >= 15 is 0 Å². The second-order valence-electron chi connectivity index (χ2n) is 10.2. The summed E-state index contributed by atoms with van der Waals surface area (Å²) in [5.41, 5.74) is 1.71. The molecule has 1 N–H and O–H groups in total. The predicted octanol–water partition coefficient (Wildman–Crippen LogP) is 6.22. The van der Waals surface area contributed by atoms with E-state index in [2.05, 4.69) is 57.9 Å². The smallest absolute Gasteiger partial charge is 0.261 e. The third-order valence-electron chi connectivity index (χ3n) is 5.08. The lowest BCUT2D eigenvalue weighted by Crippen LogP contribution is -2.53. The summed E-state index contributed by atoms with van der Waals surface area (Å²) in [6.45, 7) is 14.1. The predicted molar refractivity (Wildman–Crippen MR) is 140 cm³/mol. The quantitative estimate of drug-likeness (QED) is 0.422. The van der Waals surface area contributed by atoms with Gasteiger partial charge in [0.15, 0.2) is 6.61 Å². The Hall–Kier alpha value is -1.86. The molecule has 2 rings (SSSR count). The molecule has 0 radical (unpaired) electrons. The molecule has 1 atom stereocenters. The van der Waals surface area contributed by atoms with Gasteiger partial charge in [-0.3, -0.25) is 9.59 Å². The lowest BCUT2D eigenvalue weighted by Gasteiger charge is -2.31. The molecule has 0 spiro atoms. The Balaban J connectivity index is 2.20. The molecule has 0 fully saturated rings. The van der Waals surface area contributed by atoms with Crippen LogP contribution in [-0.4, -0.2) is 34.9 Å². The summed E-state index contributed by atoms with van der Waals surface area (Å²) in [5.74, 6) is 0.122. The van der Waals surface area contributed by atoms with E-state index in [1.807, 2.05) is 63.2 Å². The van der Waals surface area contributed by atoms with Gasteiger partial charge in [-0.15, -0.1) is 0 Å². The molecular weight excluding hydrogens is 548 g/mol. The number of amides is 2. The van der Waals surface area contributed by atoms with E-state index in [0.29, 0.717) is 12.3 Å². The first-order valence-electron chi connectivity index (χ1n) is 11.0. The normalized spacial score (nSPS) is 12.8. The van der Waals surface area contributed by atoms with Crippen LogP contribution in [0.25, 0.3) is 0 Å². The van der Waals surface area contributed by atoms with Gasteiger partial charge in [0.05, 0.1) is 4.47 Å². The van der Waals surface area contributed by atoms with Crippen molar-refractivity contribution in [2.24, 2.45) is 0 Å². The minimum Gasteiger partial charge on any atom is -0.483 e. The van der Waals surface area contributed by atoms with Gasteiger partial charge in [-0.1, -0.05) is 54.9 Å². The van der Waals surface area contributed by atoms with Crippen molar-refractivity contribution in [2.75, 3.05) is 6.61 Å². The fourth-order valence-electron chi connectivity index (χ4n) is 3.15. The molecule has 0 aromatic heterocycles. The van der Waals surface area contributed by atoms with Gasteiger partial charge in [0.1, 0.15) is 11.8 Å². The summed E-state index contributed by atoms with van der Waals surface area (Å²) in [7, 11) is 0. The molecule has 1 unspecified atom stereocenters. The Bertz CT molecular complexity index is 977. The van der Waals surface area contributed by atoms with E-state index in [-0.39, 0.29) is 23.8 Å². The topological polar surface area (TPSA) is 58.6 Å². The lowest BCUT2D eigenvalue weighted by molar-refractivity contribution is -0.142. The van der Waals surface area contributed by atoms with E-state index in [0.717, 1.165) is 20.1 Å². The number of ether oxygens (including phenoxy) is 1. The Morgan fingerprint density at radius 3 is 2.12 bits per heavy atom. The Labute approximate surface area is 214 Å². The summed E-state index contributed by atoms with van der Waals surface area (Å²) in [4.78, 5) is 27.6. The average Bonchev–Trinajstić information content (AvgIpc) is 2.69. The number of nitrogens with zero attached hydrogens (tertiary/aromatic N) is 1. The molecule has 0 saturated heterocycles. The van der Waals surface area contributed by atoms with Crippen LogP contribution in [0.5, 0.6) is 5.75 Å². The summed E-state index contributed by atoms with van der Waals surface area (Å²) in [6, 6.07) is 12.9. The lowest BCUT2D eigenvalue weighted by atomic mass is 9.87. The maximum absolute atomic E-state index is 13.2. The fourth-order valence-corrected chi connectivity index (χ4v) is 3.91. The highest BCUT2D eigenvalue weighted by molar-refractivity contribution is 9.10. The number of hydrogen-bond donors (Lipinski definition) is 1. The third-order valence-corrected chi connectivity index (χ3v) is 6.23. The number of carbonyl (C=O) groups is 2. The van der Waals surface area contributed by atoms with Gasteiger partial charge in [-0.05, 0) is 84.4 Å². The molecule has 0 heterocycles. The third kappa shape index (κ3) is 8.45. The van der Waals surface area contributed by atoms with E-state index in [4.69, 9.17) is 4.74 Å². The van der Waals surface area contributed by atoms with Gasteiger partial charge in [0.25, 0.3) is 5.91 Å². The molecule has 0 aliphatic carbocycles. The van der Waals surface area contributed by atoms with Gasteiger partial charge in [0.2, 0.25) is 5.91 Å². The molecule has 7 heteroatoms. The van der Waals surface area contributed by atoms with Gasteiger partial charge < -0.3 is 15.0 Å². The average molecular weight is 582 g/mol. The molecule has 0 bridgehead atoms. The summed E-state index contributed by atoms with van der Waals surface area (Å²) < 4.78 is 7.60. The monoisotopic (exact) mass is 580 g/mol. The van der Waals surface area contributed by atoms with Crippen LogP contribution in [0, 0.1) is 0 Å². The zero-order valence-corrected chi connectivity index (χ0v) is 23.6. The first-order valence-corrected chi connectivity index (χ1v) is 12.5. The van der Waals surface area contributed by atoms with Crippen molar-refractivity contribution < 1.29 is 14.3 Å². The van der Waals surface area contributed by atoms with E-state index in [9.17, 15) is 9.59 Å². The molecule has 2 amide bonds. The van der Waals surface area contributed by atoms with E-state index < -0.39 is 11.6 Å². The Morgan fingerprint density at radius 1 is 1.00 bits per heavy atom. The molecule has 0 saturated carbocycles. The van der Waals surface area contributed by atoms with Gasteiger partial charge in [0, 0.05) is 16.6 Å². The Morgan fingerprint density at radius 2 is 1.61 bits per heavy atom. The van der Waals surface area contributed by atoms with Crippen molar-refractivity contribution in [3.63, 3.8) is 0 Å². The Kier molecular flexibility index (Phi) is 9.16. The fraction of sp³-hybridized carbons (Fsp3) is 0.462. The number of hydrogen-bond acceptors (Lipinski definition) is 3. The maximum atomic E-state index is 13.2. The van der Waals surface area contributed by atoms with Crippen molar-refractivity contribution >= 4 is 43.7 Å². The van der Waals surface area contributed by atoms with Crippen molar-refractivity contribution in [3.05, 3.63) is 62.5 Å². The molecule has 180 valence electrons. The van der Waals surface area contributed by atoms with E-state index in [1.54, 1.807) is 11.8 Å². The highest BCUT2D eigenvalue weighted by Crippen LogP contribution is 2.31. The summed E-state index contributed by atoms with van der Waals surface area (Å²) in [6.07, 6.45) is 0. The SMILES string of the molecule is CC(C(=O)NC(C)(C)C)N(Cc1ccc(Br)cc1)C(=O)COc1ccc(C(C)(C)C)cc1Br. The first kappa shape index (κ1) is 27.4. The molecule has 2 aromatic carbocycles. The molecule has 5 nitrogen and oxygen atoms in total. The van der Waals surface area contributed by atoms with Crippen LogP contribution < -0.4 is 10.1 Å². The highest BCUT2D eigenvalue weighted by Gasteiger charge is 2.29. The summed E-state index contributed by atoms with van der Waals surface area (Å²) in [5, 5.41) is 2.96. The van der Waals surface area contributed by atoms with Crippen molar-refractivity contribution in [2.45, 2.75) is 72.0 Å². The van der Waals surface area contributed by atoms with Crippen LogP contribution in [0.1, 0.15) is 59.6 Å². The summed E-state index contributed by atoms with van der Waals surface area (Å²) >= 11 is 6.99. The van der Waals surface area contributed by atoms with Gasteiger partial charge in [-0.2, -0.15) is 0 Å². The van der Waals surface area contributed by atoms with Crippen LogP contribution >= 0.6 is 31.9 Å². The van der Waals surface area contributed by atoms with Crippen LogP contribution in [-0.2, 0) is 21.5 Å². The highest BCUT2D eigenvalue weighted by atomic mass is 79.9. The minimum absolute atomic E-state index is 0.00813. The number of rotatable bonds is 7. The van der Waals surface area contributed by atoms with Crippen molar-refractivity contribution in [1.29, 1.82) is 0 Å². The molecular formula is C26H34Br2N2O3. The zero-order valence-electron chi connectivity index (χ0n) is 20.5. The van der Waals surface area contributed by atoms with Crippen LogP contribution in [0.3, 0.4) is 0 Å². The van der Waals surface area contributed by atoms with Crippen molar-refractivity contribution in [1.82, 2.24) is 10.2 Å². The van der Waals surface area contributed by atoms with Crippen molar-refractivity contribution in [3.8, 4) is 5.75 Å². The first-order chi connectivity index (χ1) is 15.2. The second-order valence-corrected chi connectivity index (χ2v) is 12.0. The molecule has 0 aliphatic heterocycles. The number of carbonyl (C=O) groups excluding carboxylic acids is 2. The zero-order chi connectivity index (χ0) is 25.0. The van der Waals surface area contributed by atoms with Gasteiger partial charge >= 0.3 is 0 Å². The standard InChI is InChI=1S/C26H34Br2N2O3/c1-17(24(32)29-26(5,6)7)30(15-18-8-11-20(27)12-9-18)23(31)16-33-22-13-10-19(14-21(22)28)25(2,3)4/h8-14,17H,15-16H2,1-7H3,(H,29,32). The molecule has 2 aromatic rings. The van der Waals surface area contributed by atoms with Gasteiger partial charge in [-0.25, -0.2) is 0 Å². The molecule has 33 heavy (non-hydrogen) atoms. The van der Waals surface area contributed by atoms with Crippen LogP contribution in [0.15, 0.2) is 51.4 Å². The largest absolute Gasteiger partial charge is 0.483 e. The van der Waals surface area contributed by atoms with E-state index in [1.165, 1.54) is 0 Å². The minimum atomic E-state index is -0.657. The number of nitrogens with one attached hydrogen (secondary N) is 1. The molecule has 0 aliphatic rings. The number of benzene rings is 2. The number of halogens is 2. The second kappa shape index (κ2) is 11.0.